The van der Waals surface area contributed by atoms with Crippen molar-refractivity contribution < 1.29 is 0 Å². The van der Waals surface area contributed by atoms with Gasteiger partial charge in [-0.1, -0.05) is 41.9 Å². The Morgan fingerprint density at radius 2 is 2.12 bits per heavy atom. The molecule has 90 valence electrons. The number of rotatable bonds is 4. The molecule has 0 N–H and O–H groups in total. The molecule has 1 aromatic carbocycles. The molecule has 4 heteroatoms. The Labute approximate surface area is 106 Å². The third kappa shape index (κ3) is 2.86. The Morgan fingerprint density at radius 1 is 1.35 bits per heavy atom. The third-order valence-electron chi connectivity index (χ3n) is 2.86. The lowest BCUT2D eigenvalue weighted by atomic mass is 9.96. The van der Waals surface area contributed by atoms with Gasteiger partial charge in [-0.15, -0.1) is 5.10 Å². The van der Waals surface area contributed by atoms with Crippen LogP contribution in [0.1, 0.15) is 31.0 Å². The Kier molecular flexibility index (Phi) is 3.79. The Hall–Kier alpha value is -1.35. The summed E-state index contributed by atoms with van der Waals surface area (Å²) in [5.74, 6) is 0.353. The van der Waals surface area contributed by atoms with Crippen molar-refractivity contribution >= 4 is 11.6 Å². The third-order valence-corrected chi connectivity index (χ3v) is 3.21. The first-order valence-electron chi connectivity index (χ1n) is 5.84. The van der Waals surface area contributed by atoms with Gasteiger partial charge in [0.2, 0.25) is 0 Å². The van der Waals surface area contributed by atoms with E-state index >= 15 is 0 Å². The highest BCUT2D eigenvalue weighted by Crippen LogP contribution is 2.26. The predicted octanol–water partition coefficient (Wildman–Crippen LogP) is 3.30. The van der Waals surface area contributed by atoms with E-state index in [0.717, 1.165) is 23.7 Å². The van der Waals surface area contributed by atoms with Gasteiger partial charge in [-0.05, 0) is 30.9 Å². The largest absolute Gasteiger partial charge is 0.253 e. The molecule has 2 rings (SSSR count). The summed E-state index contributed by atoms with van der Waals surface area (Å²) in [7, 11) is 0. The Balaban J connectivity index is 2.11. The van der Waals surface area contributed by atoms with Crippen LogP contribution in [0.3, 0.4) is 0 Å². The second-order valence-corrected chi connectivity index (χ2v) is 4.60. The van der Waals surface area contributed by atoms with Crippen molar-refractivity contribution in [2.75, 3.05) is 0 Å². The van der Waals surface area contributed by atoms with Gasteiger partial charge in [-0.3, -0.25) is 4.68 Å². The van der Waals surface area contributed by atoms with Crippen LogP contribution in [0.5, 0.6) is 0 Å². The molecule has 0 bridgehead atoms. The molecule has 0 saturated heterocycles. The van der Waals surface area contributed by atoms with Gasteiger partial charge in [0.15, 0.2) is 0 Å². The summed E-state index contributed by atoms with van der Waals surface area (Å²) >= 11 is 6.18. The van der Waals surface area contributed by atoms with Crippen molar-refractivity contribution in [3.05, 3.63) is 46.7 Å². The molecule has 0 aliphatic carbocycles. The maximum absolute atomic E-state index is 6.18. The van der Waals surface area contributed by atoms with E-state index in [0.29, 0.717) is 5.92 Å². The van der Waals surface area contributed by atoms with Crippen LogP contribution in [-0.2, 0) is 13.0 Å². The van der Waals surface area contributed by atoms with Crippen LogP contribution in [-0.4, -0.2) is 15.0 Å². The molecule has 3 nitrogen and oxygen atoms in total. The highest BCUT2D eigenvalue weighted by molar-refractivity contribution is 6.31. The lowest BCUT2D eigenvalue weighted by molar-refractivity contribution is 0.626. The fourth-order valence-corrected chi connectivity index (χ4v) is 2.21. The Morgan fingerprint density at radius 3 is 2.76 bits per heavy atom. The summed E-state index contributed by atoms with van der Waals surface area (Å²) in [5.41, 5.74) is 2.18. The average molecular weight is 250 g/mol. The molecule has 0 amide bonds. The van der Waals surface area contributed by atoms with E-state index in [-0.39, 0.29) is 0 Å². The normalized spacial score (nSPS) is 12.6. The summed E-state index contributed by atoms with van der Waals surface area (Å²) in [6.45, 7) is 5.07. The SMILES string of the molecule is CCn1cc(CC(C)c2ccccc2Cl)nn1. The molecular formula is C13H16ClN3. The van der Waals surface area contributed by atoms with E-state index in [2.05, 4.69) is 30.2 Å². The number of hydrogen-bond acceptors (Lipinski definition) is 2. The number of benzene rings is 1. The molecule has 1 atom stereocenters. The van der Waals surface area contributed by atoms with Gasteiger partial charge in [0, 0.05) is 17.8 Å². The number of hydrogen-bond donors (Lipinski definition) is 0. The zero-order valence-electron chi connectivity index (χ0n) is 10.1. The molecule has 0 aliphatic rings. The van der Waals surface area contributed by atoms with Gasteiger partial charge in [-0.25, -0.2) is 0 Å². The van der Waals surface area contributed by atoms with Crippen LogP contribution in [0.15, 0.2) is 30.5 Å². The summed E-state index contributed by atoms with van der Waals surface area (Å²) in [6, 6.07) is 7.96. The smallest absolute Gasteiger partial charge is 0.0833 e. The fraction of sp³-hybridized carbons (Fsp3) is 0.385. The van der Waals surface area contributed by atoms with E-state index in [9.17, 15) is 0 Å². The number of nitrogens with zero attached hydrogens (tertiary/aromatic N) is 3. The van der Waals surface area contributed by atoms with Crippen molar-refractivity contribution in [1.29, 1.82) is 0 Å². The minimum absolute atomic E-state index is 0.353. The van der Waals surface area contributed by atoms with Crippen LogP contribution in [0, 0.1) is 0 Å². The maximum Gasteiger partial charge on any atom is 0.0833 e. The van der Waals surface area contributed by atoms with Crippen LogP contribution in [0.4, 0.5) is 0 Å². The fourth-order valence-electron chi connectivity index (χ4n) is 1.89. The molecular weight excluding hydrogens is 234 g/mol. The molecule has 17 heavy (non-hydrogen) atoms. The number of aromatic nitrogens is 3. The number of aryl methyl sites for hydroxylation is 1. The summed E-state index contributed by atoms with van der Waals surface area (Å²) in [5, 5.41) is 9.01. The second-order valence-electron chi connectivity index (χ2n) is 4.19. The number of halogens is 1. The average Bonchev–Trinajstić information content (AvgIpc) is 2.77. The van der Waals surface area contributed by atoms with Gasteiger partial charge in [0.25, 0.3) is 0 Å². The van der Waals surface area contributed by atoms with E-state index in [4.69, 9.17) is 11.6 Å². The van der Waals surface area contributed by atoms with Gasteiger partial charge in [-0.2, -0.15) is 0 Å². The molecule has 0 fully saturated rings. The second kappa shape index (κ2) is 5.32. The molecule has 0 spiro atoms. The van der Waals surface area contributed by atoms with E-state index in [1.54, 1.807) is 0 Å². The molecule has 1 aromatic heterocycles. The van der Waals surface area contributed by atoms with E-state index in [1.807, 2.05) is 29.1 Å². The first-order valence-corrected chi connectivity index (χ1v) is 6.22. The molecule has 1 heterocycles. The van der Waals surface area contributed by atoms with Crippen LogP contribution in [0.25, 0.3) is 0 Å². The van der Waals surface area contributed by atoms with Crippen LogP contribution < -0.4 is 0 Å². The van der Waals surface area contributed by atoms with Gasteiger partial charge < -0.3 is 0 Å². The highest BCUT2D eigenvalue weighted by atomic mass is 35.5. The van der Waals surface area contributed by atoms with E-state index in [1.165, 1.54) is 5.56 Å². The Bertz CT molecular complexity index is 493. The van der Waals surface area contributed by atoms with Crippen LogP contribution >= 0.6 is 11.6 Å². The highest BCUT2D eigenvalue weighted by Gasteiger charge is 2.11. The summed E-state index contributed by atoms with van der Waals surface area (Å²) in [6.07, 6.45) is 2.86. The molecule has 2 aromatic rings. The van der Waals surface area contributed by atoms with Crippen LogP contribution in [0.2, 0.25) is 5.02 Å². The van der Waals surface area contributed by atoms with Crippen molar-refractivity contribution in [2.24, 2.45) is 0 Å². The molecule has 0 radical (unpaired) electrons. The van der Waals surface area contributed by atoms with Gasteiger partial charge in [0.1, 0.15) is 0 Å². The monoisotopic (exact) mass is 249 g/mol. The zero-order chi connectivity index (χ0) is 12.3. The first kappa shape index (κ1) is 12.1. The van der Waals surface area contributed by atoms with Crippen molar-refractivity contribution in [3.8, 4) is 0 Å². The molecule has 0 aliphatic heterocycles. The van der Waals surface area contributed by atoms with Crippen molar-refractivity contribution in [1.82, 2.24) is 15.0 Å². The van der Waals surface area contributed by atoms with Gasteiger partial charge >= 0.3 is 0 Å². The van der Waals surface area contributed by atoms with Crippen molar-refractivity contribution in [3.63, 3.8) is 0 Å². The predicted molar refractivity (Wildman–Crippen MR) is 69.3 cm³/mol. The van der Waals surface area contributed by atoms with Crippen molar-refractivity contribution in [2.45, 2.75) is 32.7 Å². The first-order chi connectivity index (χ1) is 8.20. The summed E-state index contributed by atoms with van der Waals surface area (Å²) in [4.78, 5) is 0. The standard InChI is InChI=1S/C13H16ClN3/c1-3-17-9-11(15-16-17)8-10(2)12-6-4-5-7-13(12)14/h4-7,9-10H,3,8H2,1-2H3. The zero-order valence-corrected chi connectivity index (χ0v) is 10.9. The molecule has 0 saturated carbocycles. The topological polar surface area (TPSA) is 30.7 Å². The maximum atomic E-state index is 6.18. The van der Waals surface area contributed by atoms with Gasteiger partial charge in [0.05, 0.1) is 5.69 Å². The minimum atomic E-state index is 0.353. The van der Waals surface area contributed by atoms with E-state index < -0.39 is 0 Å². The quantitative estimate of drug-likeness (QED) is 0.833. The summed E-state index contributed by atoms with van der Waals surface area (Å²) < 4.78 is 1.84. The lowest BCUT2D eigenvalue weighted by Crippen LogP contribution is -1.99. The lowest BCUT2D eigenvalue weighted by Gasteiger charge is -2.11. The molecule has 1 unspecified atom stereocenters. The minimum Gasteiger partial charge on any atom is -0.253 e.